The van der Waals surface area contributed by atoms with Gasteiger partial charge < -0.3 is 0 Å². The summed E-state index contributed by atoms with van der Waals surface area (Å²) in [4.78, 5) is 0. The van der Waals surface area contributed by atoms with Gasteiger partial charge in [0.15, 0.2) is 0 Å². The van der Waals surface area contributed by atoms with Crippen molar-refractivity contribution >= 4 is 50.4 Å². The van der Waals surface area contributed by atoms with Gasteiger partial charge in [-0.2, -0.15) is 0 Å². The SMILES string of the molecule is Brc1sccc1CSc1cccs1. The van der Waals surface area contributed by atoms with Crippen molar-refractivity contribution in [2.45, 2.75) is 9.96 Å². The highest BCUT2D eigenvalue weighted by Gasteiger charge is 2.01. The Balaban J connectivity index is 1.97. The minimum atomic E-state index is 1.06. The lowest BCUT2D eigenvalue weighted by Gasteiger charge is -1.96. The molecule has 68 valence electrons. The molecule has 2 rings (SSSR count). The largest absolute Gasteiger partial charge is 0.137 e. The van der Waals surface area contributed by atoms with Crippen molar-refractivity contribution in [1.82, 2.24) is 0 Å². The predicted molar refractivity (Wildman–Crippen MR) is 65.9 cm³/mol. The summed E-state index contributed by atoms with van der Waals surface area (Å²) in [6.45, 7) is 0. The highest BCUT2D eigenvalue weighted by Crippen LogP contribution is 2.32. The minimum Gasteiger partial charge on any atom is -0.137 e. The zero-order valence-electron chi connectivity index (χ0n) is 6.70. The Hall–Kier alpha value is 0.230. The molecule has 0 fully saturated rings. The van der Waals surface area contributed by atoms with E-state index in [1.165, 1.54) is 13.6 Å². The van der Waals surface area contributed by atoms with Crippen molar-refractivity contribution in [3.05, 3.63) is 38.3 Å². The zero-order valence-corrected chi connectivity index (χ0v) is 10.7. The molecule has 0 saturated heterocycles. The zero-order chi connectivity index (χ0) is 9.10. The molecule has 0 aliphatic carbocycles. The third-order valence-corrected chi connectivity index (χ3v) is 5.55. The van der Waals surface area contributed by atoms with Gasteiger partial charge in [-0.15, -0.1) is 34.4 Å². The van der Waals surface area contributed by atoms with E-state index in [4.69, 9.17) is 0 Å². The summed E-state index contributed by atoms with van der Waals surface area (Å²) in [6, 6.07) is 6.43. The maximum atomic E-state index is 3.54. The van der Waals surface area contributed by atoms with Crippen LogP contribution >= 0.6 is 50.4 Å². The Morgan fingerprint density at radius 3 is 2.77 bits per heavy atom. The summed E-state index contributed by atoms with van der Waals surface area (Å²) in [7, 11) is 0. The van der Waals surface area contributed by atoms with E-state index in [1.807, 2.05) is 11.8 Å². The van der Waals surface area contributed by atoms with Crippen LogP contribution in [0.5, 0.6) is 0 Å². The van der Waals surface area contributed by atoms with Crippen molar-refractivity contribution in [3.8, 4) is 0 Å². The van der Waals surface area contributed by atoms with E-state index in [1.54, 1.807) is 22.7 Å². The second-order valence-electron chi connectivity index (χ2n) is 2.44. The Bertz CT molecular complexity index is 364. The average molecular weight is 291 g/mol. The van der Waals surface area contributed by atoms with Gasteiger partial charge in [0.2, 0.25) is 0 Å². The normalized spacial score (nSPS) is 10.5. The third-order valence-electron chi connectivity index (χ3n) is 1.56. The molecule has 0 spiro atoms. The van der Waals surface area contributed by atoms with Gasteiger partial charge in [-0.3, -0.25) is 0 Å². The smallest absolute Gasteiger partial charge is 0.0738 e. The van der Waals surface area contributed by atoms with Gasteiger partial charge in [-0.05, 0) is 44.4 Å². The first-order valence-corrected chi connectivity index (χ1v) is 7.28. The van der Waals surface area contributed by atoms with Crippen molar-refractivity contribution in [2.24, 2.45) is 0 Å². The number of thiophene rings is 2. The molecule has 4 heteroatoms. The summed E-state index contributed by atoms with van der Waals surface area (Å²) >= 11 is 8.98. The monoisotopic (exact) mass is 290 g/mol. The van der Waals surface area contributed by atoms with Gasteiger partial charge in [0.25, 0.3) is 0 Å². The van der Waals surface area contributed by atoms with Crippen molar-refractivity contribution < 1.29 is 0 Å². The second-order valence-corrected chi connectivity index (χ2v) is 6.90. The van der Waals surface area contributed by atoms with Crippen molar-refractivity contribution in [2.75, 3.05) is 0 Å². The van der Waals surface area contributed by atoms with Crippen LogP contribution in [0.25, 0.3) is 0 Å². The molecule has 0 amide bonds. The third kappa shape index (κ3) is 2.59. The molecule has 0 aromatic carbocycles. The average Bonchev–Trinajstić information content (AvgIpc) is 2.72. The second kappa shape index (κ2) is 4.64. The molecule has 2 aromatic rings. The molecule has 0 radical (unpaired) electrons. The maximum Gasteiger partial charge on any atom is 0.0738 e. The van der Waals surface area contributed by atoms with Crippen LogP contribution in [0.1, 0.15) is 5.56 Å². The molecule has 2 aromatic heterocycles. The van der Waals surface area contributed by atoms with E-state index in [0.29, 0.717) is 0 Å². The van der Waals surface area contributed by atoms with Crippen LogP contribution in [-0.4, -0.2) is 0 Å². The summed E-state index contributed by atoms with van der Waals surface area (Å²) in [5.41, 5.74) is 1.39. The number of rotatable bonds is 3. The molecule has 0 bridgehead atoms. The first-order valence-electron chi connectivity index (χ1n) is 3.74. The predicted octanol–water partition coefficient (Wildman–Crippen LogP) is 4.86. The molecule has 0 N–H and O–H groups in total. The van der Waals surface area contributed by atoms with Crippen LogP contribution in [-0.2, 0) is 5.75 Å². The molecular formula is C9H7BrS3. The van der Waals surface area contributed by atoms with Crippen molar-refractivity contribution in [1.29, 1.82) is 0 Å². The Labute approximate surface area is 98.1 Å². The molecule has 0 aliphatic heterocycles. The molecule has 0 saturated carbocycles. The molecule has 0 unspecified atom stereocenters. The standard InChI is InChI=1S/C9H7BrS3/c10-9-7(3-5-12-9)6-13-8-2-1-4-11-8/h1-5H,6H2. The molecule has 0 atom stereocenters. The fourth-order valence-corrected chi connectivity index (χ4v) is 4.21. The van der Waals surface area contributed by atoms with Crippen LogP contribution < -0.4 is 0 Å². The molecular weight excluding hydrogens is 284 g/mol. The van der Waals surface area contributed by atoms with Gasteiger partial charge >= 0.3 is 0 Å². The van der Waals surface area contributed by atoms with Crippen LogP contribution in [0.2, 0.25) is 0 Å². The fraction of sp³-hybridized carbons (Fsp3) is 0.111. The van der Waals surface area contributed by atoms with E-state index in [9.17, 15) is 0 Å². The summed E-state index contributed by atoms with van der Waals surface area (Å²) in [5, 5.41) is 4.24. The number of hydrogen-bond donors (Lipinski definition) is 0. The molecule has 0 aliphatic rings. The number of thioether (sulfide) groups is 1. The maximum absolute atomic E-state index is 3.54. The highest BCUT2D eigenvalue weighted by atomic mass is 79.9. The fourth-order valence-electron chi connectivity index (χ4n) is 0.916. The van der Waals surface area contributed by atoms with Crippen LogP contribution in [0.4, 0.5) is 0 Å². The summed E-state index contributed by atoms with van der Waals surface area (Å²) in [5.74, 6) is 1.06. The Morgan fingerprint density at radius 2 is 2.15 bits per heavy atom. The van der Waals surface area contributed by atoms with Crippen molar-refractivity contribution in [3.63, 3.8) is 0 Å². The highest BCUT2D eigenvalue weighted by molar-refractivity contribution is 9.11. The Kier molecular flexibility index (Phi) is 3.49. The molecule has 0 nitrogen and oxygen atoms in total. The lowest BCUT2D eigenvalue weighted by atomic mass is 10.4. The van der Waals surface area contributed by atoms with Gasteiger partial charge in [-0.1, -0.05) is 6.07 Å². The summed E-state index contributed by atoms with van der Waals surface area (Å²) in [6.07, 6.45) is 0. The minimum absolute atomic E-state index is 1.06. The van der Waals surface area contributed by atoms with Crippen LogP contribution in [0, 0.1) is 0 Å². The Morgan fingerprint density at radius 1 is 1.23 bits per heavy atom. The van der Waals surface area contributed by atoms with Crippen LogP contribution in [0.3, 0.4) is 0 Å². The van der Waals surface area contributed by atoms with Crippen LogP contribution in [0.15, 0.2) is 37.0 Å². The van der Waals surface area contributed by atoms with Gasteiger partial charge in [-0.25, -0.2) is 0 Å². The first-order chi connectivity index (χ1) is 6.36. The number of hydrogen-bond acceptors (Lipinski definition) is 3. The van der Waals surface area contributed by atoms with E-state index < -0.39 is 0 Å². The summed E-state index contributed by atoms with van der Waals surface area (Å²) < 4.78 is 2.65. The number of halogens is 1. The van der Waals surface area contributed by atoms with Gasteiger partial charge in [0.05, 0.1) is 8.00 Å². The van der Waals surface area contributed by atoms with E-state index in [0.717, 1.165) is 5.75 Å². The lowest BCUT2D eigenvalue weighted by molar-refractivity contribution is 1.45. The van der Waals surface area contributed by atoms with E-state index in [-0.39, 0.29) is 0 Å². The van der Waals surface area contributed by atoms with E-state index >= 15 is 0 Å². The topological polar surface area (TPSA) is 0 Å². The van der Waals surface area contributed by atoms with Gasteiger partial charge in [0, 0.05) is 5.75 Å². The van der Waals surface area contributed by atoms with Gasteiger partial charge in [0.1, 0.15) is 0 Å². The first kappa shape index (κ1) is 9.77. The lowest BCUT2D eigenvalue weighted by Crippen LogP contribution is -1.73. The molecule has 13 heavy (non-hydrogen) atoms. The molecule has 2 heterocycles. The van der Waals surface area contributed by atoms with E-state index in [2.05, 4.69) is 44.9 Å². The quantitative estimate of drug-likeness (QED) is 0.727.